The van der Waals surface area contributed by atoms with Crippen LogP contribution in [0.15, 0.2) is 43.0 Å². The molecule has 124 valence electrons. The minimum Gasteiger partial charge on any atom is -0.352 e. The van der Waals surface area contributed by atoms with Crippen molar-refractivity contribution in [1.82, 2.24) is 10.2 Å². The van der Waals surface area contributed by atoms with E-state index >= 15 is 0 Å². The molecule has 0 aromatic heterocycles. The van der Waals surface area contributed by atoms with Crippen molar-refractivity contribution < 1.29 is 9.59 Å². The predicted molar refractivity (Wildman–Crippen MR) is 91.6 cm³/mol. The second-order valence-corrected chi connectivity index (χ2v) is 6.26. The maximum absolute atomic E-state index is 12.6. The predicted octanol–water partition coefficient (Wildman–Crippen LogP) is 2.75. The van der Waals surface area contributed by atoms with Crippen LogP contribution in [0.5, 0.6) is 0 Å². The highest BCUT2D eigenvalue weighted by atomic mass is 16.2. The van der Waals surface area contributed by atoms with Gasteiger partial charge in [-0.05, 0) is 31.2 Å². The molecule has 0 unspecified atom stereocenters. The summed E-state index contributed by atoms with van der Waals surface area (Å²) >= 11 is 0. The first kappa shape index (κ1) is 17.3. The molecule has 4 nitrogen and oxygen atoms in total. The molecule has 0 saturated heterocycles. The van der Waals surface area contributed by atoms with Gasteiger partial charge in [-0.2, -0.15) is 0 Å². The summed E-state index contributed by atoms with van der Waals surface area (Å²) in [6, 6.07) is 10.0. The molecule has 2 rings (SSSR count). The minimum absolute atomic E-state index is 0.0402. The van der Waals surface area contributed by atoms with Crippen LogP contribution < -0.4 is 5.32 Å². The summed E-state index contributed by atoms with van der Waals surface area (Å²) in [5, 5.41) is 2.85. The van der Waals surface area contributed by atoms with Gasteiger partial charge in [-0.15, -0.1) is 6.58 Å². The highest BCUT2D eigenvalue weighted by molar-refractivity contribution is 5.81. The zero-order valence-electron chi connectivity index (χ0n) is 13.8. The van der Waals surface area contributed by atoms with E-state index in [1.807, 2.05) is 37.4 Å². The number of hydrogen-bond acceptors (Lipinski definition) is 2. The lowest BCUT2D eigenvalue weighted by Gasteiger charge is -2.30. The Balaban J connectivity index is 1.81. The third kappa shape index (κ3) is 4.95. The van der Waals surface area contributed by atoms with E-state index in [1.54, 1.807) is 11.0 Å². The SMILES string of the molecule is C=CCNC(=O)C1CCC(C(=O)N(C)Cc2ccccc2)CC1. The minimum atomic E-state index is 0.0402. The summed E-state index contributed by atoms with van der Waals surface area (Å²) in [5.74, 6) is 0.373. The maximum atomic E-state index is 12.6. The number of hydrogen-bond donors (Lipinski definition) is 1. The first-order valence-electron chi connectivity index (χ1n) is 8.29. The zero-order chi connectivity index (χ0) is 16.7. The number of nitrogens with zero attached hydrogens (tertiary/aromatic N) is 1. The third-order valence-electron chi connectivity index (χ3n) is 4.51. The standard InChI is InChI=1S/C19H26N2O2/c1-3-13-20-18(22)16-9-11-17(12-10-16)19(23)21(2)14-15-7-5-4-6-8-15/h3-8,16-17H,1,9-14H2,2H3,(H,20,22). The monoisotopic (exact) mass is 314 g/mol. The second-order valence-electron chi connectivity index (χ2n) is 6.26. The Morgan fingerprint density at radius 2 is 1.78 bits per heavy atom. The van der Waals surface area contributed by atoms with E-state index in [0.717, 1.165) is 31.2 Å². The Morgan fingerprint density at radius 1 is 1.17 bits per heavy atom. The molecule has 2 amide bonds. The molecule has 0 heterocycles. The van der Waals surface area contributed by atoms with E-state index in [9.17, 15) is 9.59 Å². The molecular formula is C19H26N2O2. The molecule has 0 aliphatic heterocycles. The van der Waals surface area contributed by atoms with Crippen molar-refractivity contribution in [2.45, 2.75) is 32.2 Å². The van der Waals surface area contributed by atoms with Crippen LogP contribution in [0.25, 0.3) is 0 Å². The first-order chi connectivity index (χ1) is 11.1. The maximum Gasteiger partial charge on any atom is 0.225 e. The van der Waals surface area contributed by atoms with Crippen molar-refractivity contribution in [3.05, 3.63) is 48.6 Å². The van der Waals surface area contributed by atoms with Crippen molar-refractivity contribution in [1.29, 1.82) is 0 Å². The number of rotatable bonds is 6. The zero-order valence-corrected chi connectivity index (χ0v) is 13.8. The summed E-state index contributed by atoms with van der Waals surface area (Å²) in [6.07, 6.45) is 4.86. The Hall–Kier alpha value is -2.10. The van der Waals surface area contributed by atoms with Crippen LogP contribution in [0.1, 0.15) is 31.2 Å². The van der Waals surface area contributed by atoms with Gasteiger partial charge in [0, 0.05) is 32.0 Å². The number of carbonyl (C=O) groups is 2. The van der Waals surface area contributed by atoms with Gasteiger partial charge in [0.25, 0.3) is 0 Å². The average molecular weight is 314 g/mol. The van der Waals surface area contributed by atoms with E-state index in [0.29, 0.717) is 13.1 Å². The Morgan fingerprint density at radius 3 is 2.39 bits per heavy atom. The number of carbonyl (C=O) groups excluding carboxylic acids is 2. The lowest BCUT2D eigenvalue weighted by molar-refractivity contribution is -0.137. The van der Waals surface area contributed by atoms with E-state index in [4.69, 9.17) is 0 Å². The first-order valence-corrected chi connectivity index (χ1v) is 8.29. The van der Waals surface area contributed by atoms with E-state index in [-0.39, 0.29) is 23.7 Å². The van der Waals surface area contributed by atoms with Gasteiger partial charge in [-0.3, -0.25) is 9.59 Å². The van der Waals surface area contributed by atoms with Gasteiger partial charge >= 0.3 is 0 Å². The molecule has 1 aliphatic carbocycles. The van der Waals surface area contributed by atoms with Crippen molar-refractivity contribution in [2.24, 2.45) is 11.8 Å². The van der Waals surface area contributed by atoms with Gasteiger partial charge in [0.2, 0.25) is 11.8 Å². The number of nitrogens with one attached hydrogen (secondary N) is 1. The highest BCUT2D eigenvalue weighted by Crippen LogP contribution is 2.30. The third-order valence-corrected chi connectivity index (χ3v) is 4.51. The smallest absolute Gasteiger partial charge is 0.225 e. The molecule has 1 N–H and O–H groups in total. The van der Waals surface area contributed by atoms with Gasteiger partial charge in [-0.25, -0.2) is 0 Å². The number of benzene rings is 1. The average Bonchev–Trinajstić information content (AvgIpc) is 2.60. The Labute approximate surface area is 138 Å². The lowest BCUT2D eigenvalue weighted by Crippen LogP contribution is -2.38. The Kier molecular flexibility index (Phi) is 6.39. The van der Waals surface area contributed by atoms with Gasteiger partial charge in [0.1, 0.15) is 0 Å². The molecule has 0 bridgehead atoms. The summed E-state index contributed by atoms with van der Waals surface area (Å²) in [4.78, 5) is 26.3. The van der Waals surface area contributed by atoms with Crippen LogP contribution in [-0.2, 0) is 16.1 Å². The van der Waals surface area contributed by atoms with Crippen molar-refractivity contribution in [3.63, 3.8) is 0 Å². The molecule has 0 atom stereocenters. The molecule has 23 heavy (non-hydrogen) atoms. The molecular weight excluding hydrogens is 288 g/mol. The van der Waals surface area contributed by atoms with Crippen LogP contribution in [0.3, 0.4) is 0 Å². The van der Waals surface area contributed by atoms with Crippen LogP contribution in [0, 0.1) is 11.8 Å². The molecule has 0 spiro atoms. The lowest BCUT2D eigenvalue weighted by atomic mass is 9.81. The van der Waals surface area contributed by atoms with Crippen molar-refractivity contribution >= 4 is 11.8 Å². The number of amides is 2. The van der Waals surface area contributed by atoms with Crippen molar-refractivity contribution in [2.75, 3.05) is 13.6 Å². The topological polar surface area (TPSA) is 49.4 Å². The molecule has 1 aliphatic rings. The van der Waals surface area contributed by atoms with E-state index in [1.165, 1.54) is 0 Å². The summed E-state index contributed by atoms with van der Waals surface area (Å²) in [6.45, 7) is 4.75. The summed E-state index contributed by atoms with van der Waals surface area (Å²) in [5.41, 5.74) is 1.14. The van der Waals surface area contributed by atoms with Gasteiger partial charge in [0.05, 0.1) is 0 Å². The van der Waals surface area contributed by atoms with Gasteiger partial charge in [0.15, 0.2) is 0 Å². The van der Waals surface area contributed by atoms with Crippen LogP contribution in [-0.4, -0.2) is 30.3 Å². The molecule has 1 fully saturated rings. The molecule has 1 aromatic rings. The van der Waals surface area contributed by atoms with Gasteiger partial charge in [-0.1, -0.05) is 36.4 Å². The molecule has 0 radical (unpaired) electrons. The van der Waals surface area contributed by atoms with Crippen LogP contribution >= 0.6 is 0 Å². The van der Waals surface area contributed by atoms with E-state index in [2.05, 4.69) is 11.9 Å². The van der Waals surface area contributed by atoms with Crippen LogP contribution in [0.4, 0.5) is 0 Å². The molecule has 4 heteroatoms. The van der Waals surface area contributed by atoms with Gasteiger partial charge < -0.3 is 10.2 Å². The molecule has 1 aromatic carbocycles. The fourth-order valence-electron chi connectivity index (χ4n) is 3.17. The van der Waals surface area contributed by atoms with Crippen molar-refractivity contribution in [3.8, 4) is 0 Å². The highest BCUT2D eigenvalue weighted by Gasteiger charge is 2.31. The fourth-order valence-corrected chi connectivity index (χ4v) is 3.17. The largest absolute Gasteiger partial charge is 0.352 e. The quantitative estimate of drug-likeness (QED) is 0.821. The molecule has 1 saturated carbocycles. The van der Waals surface area contributed by atoms with E-state index < -0.39 is 0 Å². The fraction of sp³-hybridized carbons (Fsp3) is 0.474. The second kappa shape index (κ2) is 8.51. The summed E-state index contributed by atoms with van der Waals surface area (Å²) in [7, 11) is 1.86. The normalized spacial score (nSPS) is 20.6. The Bertz CT molecular complexity index is 534. The summed E-state index contributed by atoms with van der Waals surface area (Å²) < 4.78 is 0. The van der Waals surface area contributed by atoms with Crippen LogP contribution in [0.2, 0.25) is 0 Å².